The summed E-state index contributed by atoms with van der Waals surface area (Å²) in [5.41, 5.74) is 2.65. The van der Waals surface area contributed by atoms with Crippen LogP contribution in [0.4, 0.5) is 5.69 Å². The van der Waals surface area contributed by atoms with Crippen molar-refractivity contribution in [3.63, 3.8) is 0 Å². The van der Waals surface area contributed by atoms with Crippen molar-refractivity contribution in [3.05, 3.63) is 23.8 Å². The van der Waals surface area contributed by atoms with E-state index in [2.05, 4.69) is 35.3 Å². The van der Waals surface area contributed by atoms with E-state index in [1.165, 1.54) is 35.6 Å². The van der Waals surface area contributed by atoms with Crippen LogP contribution in [0.5, 0.6) is 5.75 Å². The van der Waals surface area contributed by atoms with Gasteiger partial charge >= 0.3 is 0 Å². The van der Waals surface area contributed by atoms with Gasteiger partial charge in [-0.05, 0) is 42.9 Å². The van der Waals surface area contributed by atoms with Crippen molar-refractivity contribution >= 4 is 17.4 Å². The Morgan fingerprint density at radius 3 is 3.29 bits per heavy atom. The van der Waals surface area contributed by atoms with Crippen LogP contribution in [0.3, 0.4) is 0 Å². The smallest absolute Gasteiger partial charge is 0.124 e. The molecule has 1 N–H and O–H groups in total. The highest BCUT2D eigenvalue weighted by molar-refractivity contribution is 7.99. The van der Waals surface area contributed by atoms with Gasteiger partial charge < -0.3 is 10.1 Å². The van der Waals surface area contributed by atoms with Gasteiger partial charge in [0.05, 0.1) is 6.61 Å². The van der Waals surface area contributed by atoms with E-state index in [0.29, 0.717) is 0 Å². The molecule has 0 spiro atoms. The quantitative estimate of drug-likeness (QED) is 0.889. The fourth-order valence-corrected chi connectivity index (χ4v) is 3.80. The number of benzene rings is 1. The predicted octanol–water partition coefficient (Wildman–Crippen LogP) is 3.18. The Hall–Kier alpha value is -0.830. The van der Waals surface area contributed by atoms with Crippen LogP contribution in [0.25, 0.3) is 0 Å². The highest BCUT2D eigenvalue weighted by atomic mass is 32.2. The highest BCUT2D eigenvalue weighted by Crippen LogP contribution is 2.32. The molecule has 1 aromatic carbocycles. The highest BCUT2D eigenvalue weighted by Gasteiger charge is 2.18. The molecule has 1 unspecified atom stereocenters. The van der Waals surface area contributed by atoms with Gasteiger partial charge in [0.1, 0.15) is 5.75 Å². The van der Waals surface area contributed by atoms with Crippen LogP contribution in [-0.4, -0.2) is 24.7 Å². The molecule has 0 aliphatic carbocycles. The Morgan fingerprint density at radius 1 is 1.41 bits per heavy atom. The summed E-state index contributed by atoms with van der Waals surface area (Å²) in [6, 6.07) is 6.37. The van der Waals surface area contributed by atoms with Crippen LogP contribution in [0.2, 0.25) is 0 Å². The summed E-state index contributed by atoms with van der Waals surface area (Å²) in [5.74, 6) is 4.44. The second-order valence-electron chi connectivity index (χ2n) is 4.85. The summed E-state index contributed by atoms with van der Waals surface area (Å²) in [6.45, 7) is 1.99. The van der Waals surface area contributed by atoms with Gasteiger partial charge in [-0.3, -0.25) is 0 Å². The molecule has 2 aliphatic heterocycles. The lowest BCUT2D eigenvalue weighted by atomic mass is 10.0. The van der Waals surface area contributed by atoms with Gasteiger partial charge in [-0.15, -0.1) is 0 Å². The van der Waals surface area contributed by atoms with E-state index in [1.54, 1.807) is 0 Å². The van der Waals surface area contributed by atoms with Gasteiger partial charge in [0.2, 0.25) is 0 Å². The first kappa shape index (κ1) is 11.3. The average molecular weight is 249 g/mol. The molecular formula is C14H19NOS. The molecule has 0 bridgehead atoms. The number of hydrogen-bond acceptors (Lipinski definition) is 3. The number of fused-ring (bicyclic) bond motifs is 1. The summed E-state index contributed by atoms with van der Waals surface area (Å²) in [5, 5.41) is 3.45. The minimum Gasteiger partial charge on any atom is -0.493 e. The molecule has 0 amide bonds. The maximum absolute atomic E-state index is 6.04. The first-order valence-electron chi connectivity index (χ1n) is 6.50. The van der Waals surface area contributed by atoms with Gasteiger partial charge in [0, 0.05) is 23.7 Å². The van der Waals surface area contributed by atoms with Crippen LogP contribution >= 0.6 is 11.8 Å². The van der Waals surface area contributed by atoms with E-state index in [9.17, 15) is 0 Å². The van der Waals surface area contributed by atoms with Crippen LogP contribution in [0.1, 0.15) is 18.4 Å². The molecule has 1 saturated heterocycles. The molecule has 2 aliphatic rings. The van der Waals surface area contributed by atoms with E-state index in [4.69, 9.17) is 4.74 Å². The fourth-order valence-electron chi connectivity index (χ4n) is 2.53. The van der Waals surface area contributed by atoms with Crippen molar-refractivity contribution in [3.8, 4) is 5.75 Å². The molecule has 3 rings (SSSR count). The van der Waals surface area contributed by atoms with Crippen LogP contribution in [-0.2, 0) is 6.42 Å². The summed E-state index contributed by atoms with van der Waals surface area (Å²) in [6.07, 6.45) is 3.68. The number of ether oxygens (including phenoxy) is 1. The van der Waals surface area contributed by atoms with Gasteiger partial charge in [0.25, 0.3) is 0 Å². The molecule has 2 nitrogen and oxygen atoms in total. The van der Waals surface area contributed by atoms with Crippen LogP contribution in [0, 0.1) is 5.92 Å². The van der Waals surface area contributed by atoms with E-state index in [1.807, 2.05) is 0 Å². The SMILES string of the molecule is c1cc2c(c(OCC3CCSC3)c1)CCCN2. The first-order chi connectivity index (χ1) is 8.43. The van der Waals surface area contributed by atoms with Crippen molar-refractivity contribution < 1.29 is 4.74 Å². The molecular weight excluding hydrogens is 230 g/mol. The van der Waals surface area contributed by atoms with E-state index >= 15 is 0 Å². The third-order valence-electron chi connectivity index (χ3n) is 3.55. The van der Waals surface area contributed by atoms with Gasteiger partial charge in [0.15, 0.2) is 0 Å². The minimum atomic E-state index is 0.757. The molecule has 17 heavy (non-hydrogen) atoms. The molecule has 0 saturated carbocycles. The average Bonchev–Trinajstić information content (AvgIpc) is 2.89. The zero-order chi connectivity index (χ0) is 11.5. The number of nitrogens with one attached hydrogen (secondary N) is 1. The third-order valence-corrected chi connectivity index (χ3v) is 4.78. The molecule has 2 heterocycles. The Kier molecular flexibility index (Phi) is 3.46. The largest absolute Gasteiger partial charge is 0.493 e. The zero-order valence-corrected chi connectivity index (χ0v) is 10.9. The molecule has 0 aromatic heterocycles. The lowest BCUT2D eigenvalue weighted by Crippen LogP contribution is -2.15. The maximum atomic E-state index is 6.04. The molecule has 3 heteroatoms. The number of rotatable bonds is 3. The number of anilines is 1. The normalized spacial score (nSPS) is 22.9. The second-order valence-corrected chi connectivity index (χ2v) is 6.00. The van der Waals surface area contributed by atoms with Gasteiger partial charge in [-0.1, -0.05) is 6.07 Å². The van der Waals surface area contributed by atoms with E-state index in [0.717, 1.165) is 31.2 Å². The van der Waals surface area contributed by atoms with Crippen molar-refractivity contribution in [1.29, 1.82) is 0 Å². The lowest BCUT2D eigenvalue weighted by molar-refractivity contribution is 0.261. The summed E-state index contributed by atoms with van der Waals surface area (Å²) in [4.78, 5) is 0. The molecule has 92 valence electrons. The van der Waals surface area contributed by atoms with Crippen molar-refractivity contribution in [2.24, 2.45) is 5.92 Å². The van der Waals surface area contributed by atoms with E-state index in [-0.39, 0.29) is 0 Å². The number of thioether (sulfide) groups is 1. The van der Waals surface area contributed by atoms with Gasteiger partial charge in [-0.25, -0.2) is 0 Å². The molecule has 1 fully saturated rings. The van der Waals surface area contributed by atoms with E-state index < -0.39 is 0 Å². The first-order valence-corrected chi connectivity index (χ1v) is 7.65. The maximum Gasteiger partial charge on any atom is 0.124 e. The molecule has 0 radical (unpaired) electrons. The van der Waals surface area contributed by atoms with Crippen LogP contribution < -0.4 is 10.1 Å². The number of hydrogen-bond donors (Lipinski definition) is 1. The predicted molar refractivity (Wildman–Crippen MR) is 74.2 cm³/mol. The molecule has 1 atom stereocenters. The Labute approximate surface area is 107 Å². The Morgan fingerprint density at radius 2 is 2.41 bits per heavy atom. The van der Waals surface area contributed by atoms with Crippen molar-refractivity contribution in [1.82, 2.24) is 0 Å². The third kappa shape index (κ3) is 2.54. The summed E-state index contributed by atoms with van der Waals surface area (Å²) >= 11 is 2.05. The summed E-state index contributed by atoms with van der Waals surface area (Å²) in [7, 11) is 0. The molecule has 1 aromatic rings. The van der Waals surface area contributed by atoms with Gasteiger partial charge in [-0.2, -0.15) is 11.8 Å². The Bertz CT molecular complexity index is 388. The topological polar surface area (TPSA) is 21.3 Å². The lowest BCUT2D eigenvalue weighted by Gasteiger charge is -2.21. The fraction of sp³-hybridized carbons (Fsp3) is 0.571. The minimum absolute atomic E-state index is 0.757. The van der Waals surface area contributed by atoms with Crippen LogP contribution in [0.15, 0.2) is 18.2 Å². The monoisotopic (exact) mass is 249 g/mol. The van der Waals surface area contributed by atoms with Crippen molar-refractivity contribution in [2.45, 2.75) is 19.3 Å². The zero-order valence-electron chi connectivity index (χ0n) is 10.1. The second kappa shape index (κ2) is 5.21. The Balaban J connectivity index is 1.69. The summed E-state index contributed by atoms with van der Waals surface area (Å²) < 4.78 is 6.04. The van der Waals surface area contributed by atoms with Crippen molar-refractivity contribution in [2.75, 3.05) is 30.0 Å². The standard InChI is InChI=1S/C14H19NOS/c1-4-13-12(3-2-7-15-13)14(5-1)16-9-11-6-8-17-10-11/h1,4-5,11,15H,2-3,6-10H2.